The summed E-state index contributed by atoms with van der Waals surface area (Å²) in [5.74, 6) is -2.73. The molecule has 138 valence electrons. The molecule has 1 amide bonds. The van der Waals surface area contributed by atoms with Gasteiger partial charge < -0.3 is 5.32 Å². The molecule has 0 aromatic heterocycles. The third-order valence-corrected chi connectivity index (χ3v) is 6.11. The summed E-state index contributed by atoms with van der Waals surface area (Å²) in [6.07, 6.45) is 1.03. The SMILES string of the molecule is O=C(Nc1ccccc1)C1CCCN(S(=O)(=O)c2cc(F)cc(F)c2)C1. The molecule has 0 bridgehead atoms. The minimum absolute atomic E-state index is 0.0286. The Hall–Kier alpha value is -2.32. The van der Waals surface area contributed by atoms with Gasteiger partial charge in [-0.05, 0) is 37.1 Å². The third kappa shape index (κ3) is 4.08. The van der Waals surface area contributed by atoms with E-state index in [2.05, 4.69) is 5.32 Å². The number of amides is 1. The van der Waals surface area contributed by atoms with Crippen LogP contribution in [0, 0.1) is 17.6 Å². The Morgan fingerprint density at radius 2 is 1.73 bits per heavy atom. The molecule has 1 saturated heterocycles. The van der Waals surface area contributed by atoms with Gasteiger partial charge in [0.25, 0.3) is 0 Å². The number of para-hydroxylation sites is 1. The largest absolute Gasteiger partial charge is 0.326 e. The molecule has 1 N–H and O–H groups in total. The molecule has 0 aliphatic carbocycles. The Kier molecular flexibility index (Phi) is 5.33. The van der Waals surface area contributed by atoms with Crippen molar-refractivity contribution in [3.63, 3.8) is 0 Å². The van der Waals surface area contributed by atoms with Crippen LogP contribution in [0.25, 0.3) is 0 Å². The molecule has 0 spiro atoms. The lowest BCUT2D eigenvalue weighted by molar-refractivity contribution is -0.120. The number of rotatable bonds is 4. The highest BCUT2D eigenvalue weighted by Crippen LogP contribution is 2.25. The number of hydrogen-bond donors (Lipinski definition) is 1. The highest BCUT2D eigenvalue weighted by Gasteiger charge is 2.33. The third-order valence-electron chi connectivity index (χ3n) is 4.27. The number of carbonyl (C=O) groups excluding carboxylic acids is 1. The molecular formula is C18H18F2N2O3S. The lowest BCUT2D eigenvalue weighted by Gasteiger charge is -2.31. The van der Waals surface area contributed by atoms with Gasteiger partial charge in [0.1, 0.15) is 11.6 Å². The van der Waals surface area contributed by atoms with Crippen molar-refractivity contribution in [1.29, 1.82) is 0 Å². The molecule has 2 aromatic rings. The van der Waals surface area contributed by atoms with E-state index >= 15 is 0 Å². The van der Waals surface area contributed by atoms with Crippen molar-refractivity contribution >= 4 is 21.6 Å². The topological polar surface area (TPSA) is 66.5 Å². The summed E-state index contributed by atoms with van der Waals surface area (Å²) in [5, 5.41) is 2.76. The fourth-order valence-corrected chi connectivity index (χ4v) is 4.53. The Morgan fingerprint density at radius 1 is 1.08 bits per heavy atom. The second-order valence-electron chi connectivity index (χ2n) is 6.16. The summed E-state index contributed by atoms with van der Waals surface area (Å²) in [6.45, 7) is 0.175. The predicted octanol–water partition coefficient (Wildman–Crippen LogP) is 3.00. The first-order chi connectivity index (χ1) is 12.4. The van der Waals surface area contributed by atoms with E-state index in [1.165, 1.54) is 0 Å². The maximum Gasteiger partial charge on any atom is 0.243 e. The van der Waals surface area contributed by atoms with Crippen LogP contribution in [0.1, 0.15) is 12.8 Å². The molecule has 2 aromatic carbocycles. The number of halogens is 2. The zero-order valence-corrected chi connectivity index (χ0v) is 14.7. The van der Waals surface area contributed by atoms with E-state index in [9.17, 15) is 22.0 Å². The van der Waals surface area contributed by atoms with Crippen LogP contribution in [0.2, 0.25) is 0 Å². The van der Waals surface area contributed by atoms with Crippen LogP contribution in [-0.2, 0) is 14.8 Å². The van der Waals surface area contributed by atoms with Crippen molar-refractivity contribution in [2.75, 3.05) is 18.4 Å². The lowest BCUT2D eigenvalue weighted by Crippen LogP contribution is -2.43. The first kappa shape index (κ1) is 18.5. The van der Waals surface area contributed by atoms with E-state index in [4.69, 9.17) is 0 Å². The van der Waals surface area contributed by atoms with E-state index in [1.807, 2.05) is 6.07 Å². The van der Waals surface area contributed by atoms with Gasteiger partial charge in [-0.1, -0.05) is 18.2 Å². The summed E-state index contributed by atoms with van der Waals surface area (Å²) in [5.41, 5.74) is 0.629. The van der Waals surface area contributed by atoms with Crippen molar-refractivity contribution in [3.05, 3.63) is 60.2 Å². The number of carbonyl (C=O) groups is 1. The Labute approximate surface area is 150 Å². The maximum absolute atomic E-state index is 13.4. The van der Waals surface area contributed by atoms with Gasteiger partial charge in [-0.15, -0.1) is 0 Å². The van der Waals surface area contributed by atoms with E-state index in [0.29, 0.717) is 24.6 Å². The van der Waals surface area contributed by atoms with Crippen LogP contribution in [0.15, 0.2) is 53.4 Å². The number of nitrogens with one attached hydrogen (secondary N) is 1. The summed E-state index contributed by atoms with van der Waals surface area (Å²) in [6, 6.07) is 11.1. The molecule has 1 aliphatic heterocycles. The highest BCUT2D eigenvalue weighted by atomic mass is 32.2. The second kappa shape index (κ2) is 7.51. The zero-order chi connectivity index (χ0) is 18.7. The van der Waals surface area contributed by atoms with E-state index in [-0.39, 0.29) is 19.0 Å². The van der Waals surface area contributed by atoms with Crippen molar-refractivity contribution in [2.45, 2.75) is 17.7 Å². The maximum atomic E-state index is 13.4. The van der Waals surface area contributed by atoms with Crippen LogP contribution in [0.5, 0.6) is 0 Å². The number of nitrogens with zero attached hydrogens (tertiary/aromatic N) is 1. The Morgan fingerprint density at radius 3 is 2.38 bits per heavy atom. The molecule has 3 rings (SSSR count). The summed E-state index contributed by atoms with van der Waals surface area (Å²) in [4.78, 5) is 12.0. The van der Waals surface area contributed by atoms with Crippen molar-refractivity contribution in [2.24, 2.45) is 5.92 Å². The molecule has 0 saturated carbocycles. The Balaban J connectivity index is 1.76. The molecule has 1 aliphatic rings. The van der Waals surface area contributed by atoms with Crippen LogP contribution in [0.4, 0.5) is 14.5 Å². The van der Waals surface area contributed by atoms with E-state index in [1.54, 1.807) is 24.3 Å². The number of piperidine rings is 1. The summed E-state index contributed by atoms with van der Waals surface area (Å²) >= 11 is 0. The molecule has 5 nitrogen and oxygen atoms in total. The molecule has 8 heteroatoms. The predicted molar refractivity (Wildman–Crippen MR) is 92.9 cm³/mol. The molecule has 1 unspecified atom stereocenters. The number of hydrogen-bond acceptors (Lipinski definition) is 3. The normalized spacial score (nSPS) is 18.5. The molecule has 0 radical (unpaired) electrons. The number of sulfonamides is 1. The molecule has 1 atom stereocenters. The summed E-state index contributed by atoms with van der Waals surface area (Å²) < 4.78 is 53.2. The first-order valence-electron chi connectivity index (χ1n) is 8.18. The van der Waals surface area contributed by atoms with Crippen LogP contribution < -0.4 is 5.32 Å². The fourth-order valence-electron chi connectivity index (χ4n) is 2.97. The average Bonchev–Trinajstić information content (AvgIpc) is 2.62. The van der Waals surface area contributed by atoms with Gasteiger partial charge >= 0.3 is 0 Å². The van der Waals surface area contributed by atoms with Gasteiger partial charge in [-0.2, -0.15) is 4.31 Å². The average molecular weight is 380 g/mol. The van der Waals surface area contributed by atoms with E-state index in [0.717, 1.165) is 16.4 Å². The monoisotopic (exact) mass is 380 g/mol. The first-order valence-corrected chi connectivity index (χ1v) is 9.62. The number of benzene rings is 2. The quantitative estimate of drug-likeness (QED) is 0.887. The number of anilines is 1. The van der Waals surface area contributed by atoms with Crippen LogP contribution >= 0.6 is 0 Å². The van der Waals surface area contributed by atoms with Crippen LogP contribution in [0.3, 0.4) is 0 Å². The molecule has 1 heterocycles. The van der Waals surface area contributed by atoms with Gasteiger partial charge in [0.15, 0.2) is 0 Å². The van der Waals surface area contributed by atoms with Gasteiger partial charge in [0, 0.05) is 24.8 Å². The smallest absolute Gasteiger partial charge is 0.243 e. The minimum atomic E-state index is -4.07. The van der Waals surface area contributed by atoms with Crippen molar-refractivity contribution in [3.8, 4) is 0 Å². The van der Waals surface area contributed by atoms with Gasteiger partial charge in [-0.25, -0.2) is 17.2 Å². The van der Waals surface area contributed by atoms with Crippen molar-refractivity contribution in [1.82, 2.24) is 4.31 Å². The Bertz CT molecular complexity index is 884. The standard InChI is InChI=1S/C18H18F2N2O3S/c19-14-9-15(20)11-17(10-14)26(24,25)22-8-4-5-13(12-22)18(23)21-16-6-2-1-3-7-16/h1-3,6-7,9-11,13H,4-5,8,12H2,(H,21,23). The lowest BCUT2D eigenvalue weighted by atomic mass is 9.99. The highest BCUT2D eigenvalue weighted by molar-refractivity contribution is 7.89. The molecule has 26 heavy (non-hydrogen) atoms. The summed E-state index contributed by atoms with van der Waals surface area (Å²) in [7, 11) is -4.07. The van der Waals surface area contributed by atoms with E-state index < -0.39 is 32.5 Å². The van der Waals surface area contributed by atoms with Gasteiger partial charge in [0.05, 0.1) is 10.8 Å². The second-order valence-corrected chi connectivity index (χ2v) is 8.10. The molecular weight excluding hydrogens is 362 g/mol. The minimum Gasteiger partial charge on any atom is -0.326 e. The van der Waals surface area contributed by atoms with Gasteiger partial charge in [0.2, 0.25) is 15.9 Å². The fraction of sp³-hybridized carbons (Fsp3) is 0.278. The van der Waals surface area contributed by atoms with Crippen molar-refractivity contribution < 1.29 is 22.0 Å². The van der Waals surface area contributed by atoms with Crippen LogP contribution in [-0.4, -0.2) is 31.7 Å². The zero-order valence-electron chi connectivity index (χ0n) is 13.9. The van der Waals surface area contributed by atoms with Gasteiger partial charge in [-0.3, -0.25) is 4.79 Å². The molecule has 1 fully saturated rings.